The highest BCUT2D eigenvalue weighted by Crippen LogP contribution is 2.22. The smallest absolute Gasteiger partial charge is 0.324 e. The molecule has 0 heterocycles. The molecule has 0 aliphatic heterocycles. The van der Waals surface area contributed by atoms with Crippen molar-refractivity contribution in [2.75, 3.05) is 0 Å². The van der Waals surface area contributed by atoms with E-state index in [0.717, 1.165) is 0 Å². The third kappa shape index (κ3) is 3.45. The van der Waals surface area contributed by atoms with Crippen LogP contribution in [0.4, 0.5) is 0 Å². The molecule has 0 aromatic heterocycles. The Hall–Kier alpha value is -2.09. The SMILES string of the molecule is CC(C)(C)OC(=O)C(C#N)C1C=CC=CC1=NO. The van der Waals surface area contributed by atoms with Crippen LogP contribution < -0.4 is 0 Å². The van der Waals surface area contributed by atoms with Crippen LogP contribution in [0.3, 0.4) is 0 Å². The van der Waals surface area contributed by atoms with Crippen molar-refractivity contribution in [1.29, 1.82) is 5.26 Å². The topological polar surface area (TPSA) is 82.7 Å². The average Bonchev–Trinajstić information content (AvgIpc) is 2.28. The zero-order valence-corrected chi connectivity index (χ0v) is 10.6. The Kier molecular flexibility index (Phi) is 4.27. The number of ether oxygens (including phenoxy) is 1. The lowest BCUT2D eigenvalue weighted by Gasteiger charge is -2.24. The van der Waals surface area contributed by atoms with Gasteiger partial charge in [-0.2, -0.15) is 5.26 Å². The number of carbonyl (C=O) groups is 1. The first-order valence-electron chi connectivity index (χ1n) is 5.58. The maximum Gasteiger partial charge on any atom is 0.324 e. The number of carbonyl (C=O) groups excluding carboxylic acids is 1. The predicted octanol–water partition coefficient (Wildman–Crippen LogP) is 2.04. The molecule has 1 aliphatic rings. The van der Waals surface area contributed by atoms with Gasteiger partial charge in [-0.3, -0.25) is 4.79 Å². The molecule has 0 spiro atoms. The average molecular weight is 248 g/mol. The molecule has 0 saturated carbocycles. The minimum atomic E-state index is -1.02. The number of rotatable bonds is 2. The Balaban J connectivity index is 2.91. The molecule has 2 unspecified atom stereocenters. The summed E-state index contributed by atoms with van der Waals surface area (Å²) in [5.74, 6) is -2.22. The Labute approximate surface area is 106 Å². The van der Waals surface area contributed by atoms with Crippen LogP contribution in [-0.2, 0) is 9.53 Å². The van der Waals surface area contributed by atoms with Crippen LogP contribution in [0.5, 0.6) is 0 Å². The molecule has 0 amide bonds. The van der Waals surface area contributed by atoms with E-state index >= 15 is 0 Å². The highest BCUT2D eigenvalue weighted by atomic mass is 16.6. The van der Waals surface area contributed by atoms with Gasteiger partial charge < -0.3 is 9.94 Å². The fourth-order valence-corrected chi connectivity index (χ4v) is 1.57. The Morgan fingerprint density at radius 3 is 2.72 bits per heavy atom. The monoisotopic (exact) mass is 248 g/mol. The van der Waals surface area contributed by atoms with Gasteiger partial charge in [-0.15, -0.1) is 0 Å². The molecule has 1 aliphatic carbocycles. The lowest BCUT2D eigenvalue weighted by Crippen LogP contribution is -2.34. The Morgan fingerprint density at radius 2 is 2.22 bits per heavy atom. The van der Waals surface area contributed by atoms with Gasteiger partial charge in [0.15, 0.2) is 5.92 Å². The Morgan fingerprint density at radius 1 is 1.56 bits per heavy atom. The van der Waals surface area contributed by atoms with Gasteiger partial charge in [0.05, 0.1) is 11.8 Å². The first-order valence-corrected chi connectivity index (χ1v) is 5.58. The van der Waals surface area contributed by atoms with Crippen LogP contribution in [-0.4, -0.2) is 22.5 Å². The molecule has 18 heavy (non-hydrogen) atoms. The van der Waals surface area contributed by atoms with E-state index in [4.69, 9.17) is 15.2 Å². The number of hydrogen-bond donors (Lipinski definition) is 1. The third-order valence-electron chi connectivity index (χ3n) is 2.31. The lowest BCUT2D eigenvalue weighted by atomic mass is 9.86. The Bertz CT molecular complexity index is 450. The summed E-state index contributed by atoms with van der Waals surface area (Å²) in [6.45, 7) is 5.20. The molecule has 2 atom stereocenters. The molecule has 1 rings (SSSR count). The summed E-state index contributed by atoms with van der Waals surface area (Å²) in [6.07, 6.45) is 6.58. The number of nitriles is 1. The molecule has 0 aromatic carbocycles. The first-order chi connectivity index (χ1) is 8.39. The second kappa shape index (κ2) is 5.50. The second-order valence-electron chi connectivity index (χ2n) is 4.93. The summed E-state index contributed by atoms with van der Waals surface area (Å²) in [6, 6.07) is 1.91. The van der Waals surface area contributed by atoms with Crippen molar-refractivity contribution in [2.45, 2.75) is 26.4 Å². The van der Waals surface area contributed by atoms with E-state index in [2.05, 4.69) is 5.16 Å². The lowest BCUT2D eigenvalue weighted by molar-refractivity contribution is -0.158. The van der Waals surface area contributed by atoms with Crippen molar-refractivity contribution in [1.82, 2.24) is 0 Å². The van der Waals surface area contributed by atoms with E-state index in [1.807, 2.05) is 6.07 Å². The van der Waals surface area contributed by atoms with E-state index < -0.39 is 23.4 Å². The van der Waals surface area contributed by atoms with Crippen LogP contribution in [0, 0.1) is 23.2 Å². The van der Waals surface area contributed by atoms with Crippen LogP contribution in [0.15, 0.2) is 29.5 Å². The maximum absolute atomic E-state index is 11.9. The van der Waals surface area contributed by atoms with Crippen molar-refractivity contribution in [2.24, 2.45) is 17.0 Å². The quantitative estimate of drug-likeness (QED) is 0.460. The summed E-state index contributed by atoms with van der Waals surface area (Å²) in [5, 5.41) is 21.1. The van der Waals surface area contributed by atoms with Crippen molar-refractivity contribution in [3.05, 3.63) is 24.3 Å². The normalized spacial score (nSPS) is 22.6. The van der Waals surface area contributed by atoms with Gasteiger partial charge in [0.25, 0.3) is 0 Å². The number of esters is 1. The van der Waals surface area contributed by atoms with E-state index in [1.54, 1.807) is 45.1 Å². The molecule has 5 heteroatoms. The zero-order chi connectivity index (χ0) is 13.8. The molecule has 0 fully saturated rings. The summed E-state index contributed by atoms with van der Waals surface area (Å²) in [7, 11) is 0. The fourth-order valence-electron chi connectivity index (χ4n) is 1.57. The molecule has 0 radical (unpaired) electrons. The summed E-state index contributed by atoms with van der Waals surface area (Å²) >= 11 is 0. The van der Waals surface area contributed by atoms with Crippen molar-refractivity contribution >= 4 is 11.7 Å². The van der Waals surface area contributed by atoms with Crippen LogP contribution in [0.25, 0.3) is 0 Å². The van der Waals surface area contributed by atoms with E-state index in [9.17, 15) is 4.79 Å². The van der Waals surface area contributed by atoms with E-state index in [1.165, 1.54) is 0 Å². The van der Waals surface area contributed by atoms with Crippen molar-refractivity contribution in [3.63, 3.8) is 0 Å². The van der Waals surface area contributed by atoms with Gasteiger partial charge in [-0.25, -0.2) is 0 Å². The molecule has 0 aromatic rings. The molecule has 96 valence electrons. The highest BCUT2D eigenvalue weighted by molar-refractivity contribution is 6.01. The van der Waals surface area contributed by atoms with Crippen LogP contribution >= 0.6 is 0 Å². The fraction of sp³-hybridized carbons (Fsp3) is 0.462. The minimum Gasteiger partial charge on any atom is -0.459 e. The second-order valence-corrected chi connectivity index (χ2v) is 4.93. The maximum atomic E-state index is 11.9. The van der Waals surface area contributed by atoms with Gasteiger partial charge in [0, 0.05) is 5.92 Å². The van der Waals surface area contributed by atoms with Gasteiger partial charge >= 0.3 is 5.97 Å². The molecular weight excluding hydrogens is 232 g/mol. The van der Waals surface area contributed by atoms with Crippen LogP contribution in [0.1, 0.15) is 20.8 Å². The molecular formula is C13H16N2O3. The standard InChI is InChI=1S/C13H16N2O3/c1-13(2,3)18-12(16)10(8-14)9-6-4-5-7-11(9)15-17/h4-7,9-10,17H,1-3H3. The first kappa shape index (κ1) is 14.0. The van der Waals surface area contributed by atoms with Gasteiger partial charge in [0.2, 0.25) is 0 Å². The number of nitrogens with zero attached hydrogens (tertiary/aromatic N) is 2. The molecule has 0 bridgehead atoms. The van der Waals surface area contributed by atoms with E-state index in [-0.39, 0.29) is 5.71 Å². The molecule has 0 saturated heterocycles. The third-order valence-corrected chi connectivity index (χ3v) is 2.31. The van der Waals surface area contributed by atoms with Crippen molar-refractivity contribution < 1.29 is 14.7 Å². The van der Waals surface area contributed by atoms with Gasteiger partial charge in [-0.05, 0) is 26.8 Å². The van der Waals surface area contributed by atoms with Gasteiger partial charge in [0.1, 0.15) is 5.60 Å². The minimum absolute atomic E-state index is 0.273. The van der Waals surface area contributed by atoms with Crippen molar-refractivity contribution in [3.8, 4) is 6.07 Å². The number of hydrogen-bond acceptors (Lipinski definition) is 5. The molecule has 1 N–H and O–H groups in total. The number of allylic oxidation sites excluding steroid dienone is 4. The van der Waals surface area contributed by atoms with Crippen LogP contribution in [0.2, 0.25) is 0 Å². The predicted molar refractivity (Wildman–Crippen MR) is 65.9 cm³/mol. The largest absolute Gasteiger partial charge is 0.459 e. The summed E-state index contributed by atoms with van der Waals surface area (Å²) in [5.41, 5.74) is -0.383. The highest BCUT2D eigenvalue weighted by Gasteiger charge is 2.34. The summed E-state index contributed by atoms with van der Waals surface area (Å²) in [4.78, 5) is 11.9. The number of oxime groups is 1. The van der Waals surface area contributed by atoms with Gasteiger partial charge in [-0.1, -0.05) is 23.4 Å². The summed E-state index contributed by atoms with van der Waals surface area (Å²) < 4.78 is 5.18. The van der Waals surface area contributed by atoms with E-state index in [0.29, 0.717) is 0 Å². The zero-order valence-electron chi connectivity index (χ0n) is 10.6. The molecule has 5 nitrogen and oxygen atoms in total.